The van der Waals surface area contributed by atoms with Crippen molar-refractivity contribution >= 4 is 17.1 Å². The van der Waals surface area contributed by atoms with Crippen molar-refractivity contribution in [1.82, 2.24) is 18.7 Å². The number of imidazole rings is 1. The minimum absolute atomic E-state index is 0.0436. The lowest BCUT2D eigenvalue weighted by Crippen LogP contribution is -2.43. The number of hydrogen-bond acceptors (Lipinski definition) is 5. The molecule has 2 aromatic heterocycles. The van der Waals surface area contributed by atoms with Crippen LogP contribution in [0.1, 0.15) is 36.8 Å². The Hall–Kier alpha value is -2.87. The molecule has 0 aliphatic heterocycles. The number of anilines is 1. The van der Waals surface area contributed by atoms with Crippen molar-refractivity contribution in [3.05, 3.63) is 56.2 Å². The van der Waals surface area contributed by atoms with E-state index in [0.29, 0.717) is 23.7 Å². The monoisotopic (exact) mass is 396 g/mol. The smallest absolute Gasteiger partial charge is 0.332 e. The van der Waals surface area contributed by atoms with E-state index in [1.54, 1.807) is 7.05 Å². The number of nitrogens with zero attached hydrogens (tertiary/aromatic N) is 4. The highest BCUT2D eigenvalue weighted by molar-refractivity contribution is 5.74. The molecular formula is C21H28N6O2. The number of nitrogens with one attached hydrogen (secondary N) is 1. The Labute approximate surface area is 169 Å². The Morgan fingerprint density at radius 3 is 2.59 bits per heavy atom. The fourth-order valence-electron chi connectivity index (χ4n) is 4.17. The highest BCUT2D eigenvalue weighted by atomic mass is 16.2. The van der Waals surface area contributed by atoms with Gasteiger partial charge < -0.3 is 11.1 Å². The van der Waals surface area contributed by atoms with Crippen LogP contribution in [0.15, 0.2) is 33.9 Å². The predicted octanol–water partition coefficient (Wildman–Crippen LogP) is 1.47. The van der Waals surface area contributed by atoms with Crippen LogP contribution in [0.2, 0.25) is 0 Å². The van der Waals surface area contributed by atoms with E-state index in [4.69, 9.17) is 5.73 Å². The summed E-state index contributed by atoms with van der Waals surface area (Å²) in [6, 6.07) is 8.21. The third-order valence-electron chi connectivity index (χ3n) is 6.07. The summed E-state index contributed by atoms with van der Waals surface area (Å²) in [5, 5.41) is 3.49. The normalized spacial score (nSPS) is 19.6. The van der Waals surface area contributed by atoms with E-state index in [9.17, 15) is 9.59 Å². The second kappa shape index (κ2) is 7.51. The van der Waals surface area contributed by atoms with E-state index in [0.717, 1.165) is 41.4 Å². The zero-order chi connectivity index (χ0) is 20.7. The molecular weight excluding hydrogens is 368 g/mol. The summed E-state index contributed by atoms with van der Waals surface area (Å²) in [5.74, 6) is 0.587. The fraction of sp³-hybridized carbons (Fsp3) is 0.476. The van der Waals surface area contributed by atoms with E-state index in [1.165, 1.54) is 11.6 Å². The summed E-state index contributed by atoms with van der Waals surface area (Å²) < 4.78 is 4.45. The van der Waals surface area contributed by atoms with Crippen LogP contribution in [0.5, 0.6) is 0 Å². The highest BCUT2D eigenvalue weighted by Gasteiger charge is 2.26. The maximum Gasteiger partial charge on any atom is 0.332 e. The molecule has 1 aliphatic carbocycles. The number of rotatable bonds is 4. The van der Waals surface area contributed by atoms with Gasteiger partial charge in [-0.05, 0) is 30.9 Å². The number of fused-ring (bicyclic) bond motifs is 1. The van der Waals surface area contributed by atoms with Gasteiger partial charge in [-0.15, -0.1) is 0 Å². The minimum Gasteiger partial charge on any atom is -0.351 e. The number of benzene rings is 1. The second-order valence-electron chi connectivity index (χ2n) is 8.03. The van der Waals surface area contributed by atoms with Gasteiger partial charge in [-0.1, -0.05) is 37.1 Å². The Bertz CT molecular complexity index is 1170. The SMILES string of the molecule is Cc1ccccc1Cn1c(NC2CCCCC2N)nc2c1c(=O)n(C)c(=O)n2C. The topological polar surface area (TPSA) is 99.9 Å². The number of hydrogen-bond donors (Lipinski definition) is 2. The summed E-state index contributed by atoms with van der Waals surface area (Å²) in [6.45, 7) is 2.54. The summed E-state index contributed by atoms with van der Waals surface area (Å²) >= 11 is 0. The van der Waals surface area contributed by atoms with E-state index >= 15 is 0 Å². The summed E-state index contributed by atoms with van der Waals surface area (Å²) in [5.41, 5.74) is 8.65. The van der Waals surface area contributed by atoms with Crippen LogP contribution in [-0.2, 0) is 20.6 Å². The van der Waals surface area contributed by atoms with Crippen LogP contribution < -0.4 is 22.3 Å². The summed E-state index contributed by atoms with van der Waals surface area (Å²) in [6.07, 6.45) is 4.18. The lowest BCUT2D eigenvalue weighted by atomic mass is 9.91. The van der Waals surface area contributed by atoms with Gasteiger partial charge in [-0.3, -0.25) is 18.5 Å². The third-order valence-corrected chi connectivity index (χ3v) is 6.07. The quantitative estimate of drug-likeness (QED) is 0.696. The van der Waals surface area contributed by atoms with Gasteiger partial charge in [0.15, 0.2) is 11.2 Å². The number of nitrogens with two attached hydrogens (primary N) is 1. The Morgan fingerprint density at radius 2 is 1.86 bits per heavy atom. The lowest BCUT2D eigenvalue weighted by molar-refractivity contribution is 0.401. The van der Waals surface area contributed by atoms with E-state index in [-0.39, 0.29) is 23.3 Å². The number of aromatic nitrogens is 4. The van der Waals surface area contributed by atoms with Gasteiger partial charge in [-0.25, -0.2) is 4.79 Å². The maximum absolute atomic E-state index is 13.0. The molecule has 1 aromatic carbocycles. The molecule has 4 rings (SSSR count). The van der Waals surface area contributed by atoms with Crippen molar-refractivity contribution < 1.29 is 0 Å². The molecule has 2 unspecified atom stereocenters. The molecule has 0 saturated heterocycles. The highest BCUT2D eigenvalue weighted by Crippen LogP contribution is 2.24. The molecule has 8 nitrogen and oxygen atoms in total. The van der Waals surface area contributed by atoms with Crippen LogP contribution in [0.4, 0.5) is 5.95 Å². The first-order chi connectivity index (χ1) is 13.9. The molecule has 8 heteroatoms. The summed E-state index contributed by atoms with van der Waals surface area (Å²) in [7, 11) is 3.14. The second-order valence-corrected chi connectivity index (χ2v) is 8.03. The van der Waals surface area contributed by atoms with Crippen LogP contribution in [-0.4, -0.2) is 30.8 Å². The predicted molar refractivity (Wildman–Crippen MR) is 114 cm³/mol. The molecule has 1 fully saturated rings. The first-order valence-corrected chi connectivity index (χ1v) is 10.1. The van der Waals surface area contributed by atoms with Crippen molar-refractivity contribution in [2.24, 2.45) is 19.8 Å². The lowest BCUT2D eigenvalue weighted by Gasteiger charge is -2.29. The third kappa shape index (κ3) is 3.37. The van der Waals surface area contributed by atoms with Gasteiger partial charge in [0.25, 0.3) is 5.56 Å². The zero-order valence-electron chi connectivity index (χ0n) is 17.2. The molecule has 154 valence electrons. The van der Waals surface area contributed by atoms with Crippen LogP contribution in [0, 0.1) is 6.92 Å². The molecule has 0 bridgehead atoms. The summed E-state index contributed by atoms with van der Waals surface area (Å²) in [4.78, 5) is 30.1. The number of aryl methyl sites for hydroxylation is 2. The van der Waals surface area contributed by atoms with E-state index < -0.39 is 0 Å². The average Bonchev–Trinajstić information content (AvgIpc) is 3.06. The van der Waals surface area contributed by atoms with Gasteiger partial charge in [0.05, 0.1) is 6.54 Å². The van der Waals surface area contributed by atoms with Gasteiger partial charge in [0, 0.05) is 26.2 Å². The van der Waals surface area contributed by atoms with Gasteiger partial charge >= 0.3 is 5.69 Å². The molecule has 3 N–H and O–H groups in total. The molecule has 1 saturated carbocycles. The van der Waals surface area contributed by atoms with E-state index in [2.05, 4.69) is 10.3 Å². The molecule has 0 spiro atoms. The van der Waals surface area contributed by atoms with Crippen molar-refractivity contribution in [2.45, 2.75) is 51.2 Å². The van der Waals surface area contributed by atoms with Gasteiger partial charge in [-0.2, -0.15) is 4.98 Å². The molecule has 0 amide bonds. The average molecular weight is 396 g/mol. The van der Waals surface area contributed by atoms with Crippen molar-refractivity contribution in [3.63, 3.8) is 0 Å². The maximum atomic E-state index is 13.0. The van der Waals surface area contributed by atoms with Gasteiger partial charge in [0.2, 0.25) is 5.95 Å². The van der Waals surface area contributed by atoms with Gasteiger partial charge in [0.1, 0.15) is 0 Å². The Kier molecular flexibility index (Phi) is 5.04. The molecule has 2 atom stereocenters. The molecule has 29 heavy (non-hydrogen) atoms. The Balaban J connectivity index is 1.90. The first-order valence-electron chi connectivity index (χ1n) is 10.1. The van der Waals surface area contributed by atoms with E-state index in [1.807, 2.05) is 35.8 Å². The minimum atomic E-state index is -0.385. The fourth-order valence-corrected chi connectivity index (χ4v) is 4.17. The molecule has 0 radical (unpaired) electrons. The van der Waals surface area contributed by atoms with Crippen molar-refractivity contribution in [1.29, 1.82) is 0 Å². The standard InChI is InChI=1S/C21H28N6O2/c1-13-8-4-5-9-14(13)12-27-17-18(25(2)21(29)26(3)19(17)28)24-20(27)23-16-11-7-6-10-15(16)22/h4-5,8-9,15-16H,6-7,10-12,22H2,1-3H3,(H,23,24). The van der Waals surface area contributed by atoms with Crippen LogP contribution in [0.3, 0.4) is 0 Å². The zero-order valence-corrected chi connectivity index (χ0v) is 17.2. The molecule has 3 aromatic rings. The largest absolute Gasteiger partial charge is 0.351 e. The van der Waals surface area contributed by atoms with Crippen molar-refractivity contribution in [3.8, 4) is 0 Å². The molecule has 2 heterocycles. The molecule has 1 aliphatic rings. The Morgan fingerprint density at radius 1 is 1.14 bits per heavy atom. The van der Waals surface area contributed by atoms with Crippen LogP contribution >= 0.6 is 0 Å². The first kappa shape index (κ1) is 19.4. The van der Waals surface area contributed by atoms with Crippen LogP contribution in [0.25, 0.3) is 11.2 Å². The van der Waals surface area contributed by atoms with Crippen molar-refractivity contribution in [2.75, 3.05) is 5.32 Å².